The Hall–Kier alpha value is -3.93. The molecule has 1 unspecified atom stereocenters. The maximum absolute atomic E-state index is 12.6. The van der Waals surface area contributed by atoms with Crippen LogP contribution >= 0.6 is 0 Å². The first-order valence-electron chi connectivity index (χ1n) is 11.5. The van der Waals surface area contributed by atoms with Crippen LogP contribution in [0.4, 0.5) is 0 Å². The van der Waals surface area contributed by atoms with Gasteiger partial charge in [0.1, 0.15) is 0 Å². The van der Waals surface area contributed by atoms with E-state index in [4.69, 9.17) is 9.47 Å². The Morgan fingerprint density at radius 1 is 1.17 bits per heavy atom. The normalized spacial score (nSPS) is 13.9. The van der Waals surface area contributed by atoms with E-state index in [2.05, 4.69) is 39.3 Å². The molecule has 0 aliphatic carbocycles. The van der Waals surface area contributed by atoms with E-state index in [1.165, 1.54) is 11.9 Å². The zero-order valence-corrected chi connectivity index (χ0v) is 19.4. The molecule has 0 saturated carbocycles. The van der Waals surface area contributed by atoms with Crippen molar-refractivity contribution in [1.82, 2.24) is 15.3 Å². The smallest absolute Gasteiger partial charge is 0.313 e. The van der Waals surface area contributed by atoms with Gasteiger partial charge in [-0.1, -0.05) is 36.1 Å². The van der Waals surface area contributed by atoms with Gasteiger partial charge in [-0.25, -0.2) is 4.98 Å². The molecule has 0 amide bonds. The summed E-state index contributed by atoms with van der Waals surface area (Å²) >= 11 is 0. The van der Waals surface area contributed by atoms with E-state index in [9.17, 15) is 14.7 Å². The van der Waals surface area contributed by atoms with Crippen molar-refractivity contribution in [2.24, 2.45) is 0 Å². The van der Waals surface area contributed by atoms with E-state index in [1.54, 1.807) is 19.1 Å². The zero-order chi connectivity index (χ0) is 24.6. The molecule has 1 atom stereocenters. The molecule has 3 aromatic rings. The number of carbonyl (C=O) groups is 1. The van der Waals surface area contributed by atoms with E-state index >= 15 is 0 Å². The fraction of sp³-hybridized carbons (Fsp3) is 0.296. The van der Waals surface area contributed by atoms with Gasteiger partial charge < -0.3 is 24.9 Å². The van der Waals surface area contributed by atoms with Gasteiger partial charge in [0.15, 0.2) is 0 Å². The molecule has 2 heterocycles. The van der Waals surface area contributed by atoms with Gasteiger partial charge >= 0.3 is 5.97 Å². The second-order valence-electron chi connectivity index (χ2n) is 8.22. The topological polar surface area (TPSA) is 114 Å². The number of hydrogen-bond donors (Lipinski definition) is 3. The van der Waals surface area contributed by atoms with E-state index in [0.29, 0.717) is 11.6 Å². The summed E-state index contributed by atoms with van der Waals surface area (Å²) in [7, 11) is 0. The van der Waals surface area contributed by atoms with Crippen molar-refractivity contribution in [3.63, 3.8) is 0 Å². The standard InChI is InChI=1S/C27H27N3O5/c1-2-35-27(33)23(13-24-25(31)26(32)30-17-29-24)21-11-9-19(10-12-21)4-3-18-5-7-20(8-6-18)14-28-22-15-34-16-22/h5-12,17,22-23,28,31H,2,13-16H2,1H3,(H,29,30,32). The summed E-state index contributed by atoms with van der Waals surface area (Å²) in [6.07, 6.45) is 1.24. The highest BCUT2D eigenvalue weighted by molar-refractivity contribution is 5.78. The van der Waals surface area contributed by atoms with Gasteiger partial charge in [-0.3, -0.25) is 9.59 Å². The second kappa shape index (κ2) is 11.5. The largest absolute Gasteiger partial charge is 0.502 e. The van der Waals surface area contributed by atoms with Crippen LogP contribution in [0.5, 0.6) is 5.75 Å². The Balaban J connectivity index is 1.45. The summed E-state index contributed by atoms with van der Waals surface area (Å²) in [5.74, 6) is 4.63. The molecule has 1 aliphatic rings. The monoisotopic (exact) mass is 473 g/mol. The molecule has 35 heavy (non-hydrogen) atoms. The Morgan fingerprint density at radius 2 is 1.83 bits per heavy atom. The summed E-state index contributed by atoms with van der Waals surface area (Å²) in [4.78, 5) is 30.6. The van der Waals surface area contributed by atoms with Crippen LogP contribution in [0.25, 0.3) is 0 Å². The minimum Gasteiger partial charge on any atom is -0.502 e. The Morgan fingerprint density at radius 3 is 2.43 bits per heavy atom. The fourth-order valence-corrected chi connectivity index (χ4v) is 3.62. The summed E-state index contributed by atoms with van der Waals surface area (Å²) in [5, 5.41) is 13.5. The number of aromatic amines is 1. The van der Waals surface area contributed by atoms with Gasteiger partial charge in [0.25, 0.3) is 5.56 Å². The fourth-order valence-electron chi connectivity index (χ4n) is 3.62. The summed E-state index contributed by atoms with van der Waals surface area (Å²) in [6, 6.07) is 15.8. The predicted molar refractivity (Wildman–Crippen MR) is 130 cm³/mol. The van der Waals surface area contributed by atoms with Crippen molar-refractivity contribution < 1.29 is 19.4 Å². The SMILES string of the molecule is CCOC(=O)C(Cc1nc[nH]c(=O)c1O)c1ccc(C#Cc2ccc(CNC3COC3)cc2)cc1. The number of hydrogen-bond acceptors (Lipinski definition) is 7. The third-order valence-electron chi connectivity index (χ3n) is 5.72. The summed E-state index contributed by atoms with van der Waals surface area (Å²) < 4.78 is 10.4. The first-order chi connectivity index (χ1) is 17.0. The maximum atomic E-state index is 12.6. The minimum absolute atomic E-state index is 0.0363. The molecule has 1 aromatic heterocycles. The van der Waals surface area contributed by atoms with E-state index in [0.717, 1.165) is 30.9 Å². The van der Waals surface area contributed by atoms with Crippen molar-refractivity contribution >= 4 is 5.97 Å². The number of aromatic hydroxyl groups is 1. The number of esters is 1. The molecule has 4 rings (SSSR count). The van der Waals surface area contributed by atoms with Crippen molar-refractivity contribution in [1.29, 1.82) is 0 Å². The quantitative estimate of drug-likeness (QED) is 0.340. The van der Waals surface area contributed by atoms with Gasteiger partial charge in [-0.15, -0.1) is 0 Å². The Kier molecular flexibility index (Phi) is 7.93. The minimum atomic E-state index is -0.718. The third-order valence-corrected chi connectivity index (χ3v) is 5.72. The van der Waals surface area contributed by atoms with Gasteiger partial charge in [-0.2, -0.15) is 0 Å². The van der Waals surface area contributed by atoms with E-state index < -0.39 is 23.2 Å². The number of nitrogens with zero attached hydrogens (tertiary/aromatic N) is 1. The molecule has 1 saturated heterocycles. The molecule has 1 aliphatic heterocycles. The molecule has 8 nitrogen and oxygen atoms in total. The van der Waals surface area contributed by atoms with Gasteiger partial charge in [0.2, 0.25) is 5.75 Å². The average Bonchev–Trinajstić information content (AvgIpc) is 2.84. The van der Waals surface area contributed by atoms with Crippen molar-refractivity contribution in [2.45, 2.75) is 31.8 Å². The lowest BCUT2D eigenvalue weighted by atomic mass is 9.93. The molecule has 0 radical (unpaired) electrons. The molecule has 1 fully saturated rings. The van der Waals surface area contributed by atoms with Crippen molar-refractivity contribution in [2.75, 3.05) is 19.8 Å². The Labute approximate surface area is 203 Å². The first kappa shape index (κ1) is 24.2. The molecule has 3 N–H and O–H groups in total. The summed E-state index contributed by atoms with van der Waals surface area (Å²) in [5.41, 5.74) is 3.06. The molecule has 180 valence electrons. The maximum Gasteiger partial charge on any atom is 0.313 e. The van der Waals surface area contributed by atoms with Crippen LogP contribution in [0, 0.1) is 11.8 Å². The zero-order valence-electron chi connectivity index (χ0n) is 19.4. The Bertz CT molecular complexity index is 1270. The number of aromatic nitrogens is 2. The van der Waals surface area contributed by atoms with Gasteiger partial charge in [0.05, 0.1) is 43.8 Å². The second-order valence-corrected chi connectivity index (χ2v) is 8.22. The lowest BCUT2D eigenvalue weighted by Gasteiger charge is -2.26. The molecule has 0 bridgehead atoms. The lowest BCUT2D eigenvalue weighted by Crippen LogP contribution is -2.45. The van der Waals surface area contributed by atoms with Crippen LogP contribution in [-0.2, 0) is 27.2 Å². The number of rotatable bonds is 8. The number of nitrogens with one attached hydrogen (secondary N) is 2. The highest BCUT2D eigenvalue weighted by Gasteiger charge is 2.25. The first-order valence-corrected chi connectivity index (χ1v) is 11.5. The van der Waals surface area contributed by atoms with Gasteiger partial charge in [-0.05, 0) is 42.3 Å². The predicted octanol–water partition coefficient (Wildman–Crippen LogP) is 2.25. The van der Waals surface area contributed by atoms with Crippen LogP contribution in [0.1, 0.15) is 40.8 Å². The van der Waals surface area contributed by atoms with Crippen molar-refractivity contribution in [3.05, 3.63) is 93.2 Å². The van der Waals surface area contributed by atoms with E-state index in [1.807, 2.05) is 24.3 Å². The molecule has 0 spiro atoms. The molecule has 8 heteroatoms. The number of ether oxygens (including phenoxy) is 2. The van der Waals surface area contributed by atoms with Gasteiger partial charge in [0, 0.05) is 24.1 Å². The lowest BCUT2D eigenvalue weighted by molar-refractivity contribution is -0.145. The van der Waals surface area contributed by atoms with Crippen LogP contribution in [-0.4, -0.2) is 46.9 Å². The number of carbonyl (C=O) groups excluding carboxylic acids is 1. The van der Waals surface area contributed by atoms with Crippen LogP contribution < -0.4 is 10.9 Å². The van der Waals surface area contributed by atoms with E-state index in [-0.39, 0.29) is 18.7 Å². The number of benzene rings is 2. The highest BCUT2D eigenvalue weighted by atomic mass is 16.5. The highest BCUT2D eigenvalue weighted by Crippen LogP contribution is 2.24. The number of H-pyrrole nitrogens is 1. The molecular weight excluding hydrogens is 446 g/mol. The van der Waals surface area contributed by atoms with Crippen molar-refractivity contribution in [3.8, 4) is 17.6 Å². The van der Waals surface area contributed by atoms with Crippen LogP contribution in [0.3, 0.4) is 0 Å². The van der Waals surface area contributed by atoms with Crippen LogP contribution in [0.15, 0.2) is 59.7 Å². The van der Waals surface area contributed by atoms with Crippen LogP contribution in [0.2, 0.25) is 0 Å². The molecule has 2 aromatic carbocycles. The summed E-state index contributed by atoms with van der Waals surface area (Å²) in [6.45, 7) is 4.29. The average molecular weight is 474 g/mol. The third kappa shape index (κ3) is 6.35. The molecular formula is C27H27N3O5.